The number of allylic oxidation sites excluding steroid dienone is 1. The molecule has 0 spiro atoms. The highest BCUT2D eigenvalue weighted by atomic mass is 16.3. The topological polar surface area (TPSA) is 49.3 Å². The normalized spacial score (nSPS) is 11.5. The summed E-state index contributed by atoms with van der Waals surface area (Å²) in [4.78, 5) is 12.3. The van der Waals surface area contributed by atoms with Gasteiger partial charge in [0.1, 0.15) is 5.75 Å². The van der Waals surface area contributed by atoms with E-state index < -0.39 is 0 Å². The molecule has 0 saturated carbocycles. The Kier molecular flexibility index (Phi) is 11.5. The van der Waals surface area contributed by atoms with E-state index in [1.54, 1.807) is 30.3 Å². The molecule has 0 bridgehead atoms. The molecule has 0 radical (unpaired) electrons. The zero-order valence-electron chi connectivity index (χ0n) is 19.3. The average molecular weight is 422 g/mol. The van der Waals surface area contributed by atoms with E-state index in [2.05, 4.69) is 24.4 Å². The zero-order valence-corrected chi connectivity index (χ0v) is 19.3. The second-order valence-corrected chi connectivity index (χ2v) is 8.49. The fraction of sp³-hybridized carbons (Fsp3) is 0.464. The van der Waals surface area contributed by atoms with E-state index in [0.29, 0.717) is 0 Å². The maximum atomic E-state index is 12.3. The van der Waals surface area contributed by atoms with Crippen LogP contribution in [0.15, 0.2) is 54.6 Å². The van der Waals surface area contributed by atoms with Crippen LogP contribution in [0.2, 0.25) is 0 Å². The van der Waals surface area contributed by atoms with Gasteiger partial charge in [0.15, 0.2) is 0 Å². The summed E-state index contributed by atoms with van der Waals surface area (Å²) in [5, 5.41) is 12.3. The van der Waals surface area contributed by atoms with Crippen LogP contribution in [0.4, 0.5) is 5.69 Å². The van der Waals surface area contributed by atoms with Crippen LogP contribution < -0.4 is 5.32 Å². The quantitative estimate of drug-likeness (QED) is 0.240. The molecule has 2 N–H and O–H groups in total. The van der Waals surface area contributed by atoms with E-state index in [-0.39, 0.29) is 11.7 Å². The molecule has 0 heterocycles. The van der Waals surface area contributed by atoms with Gasteiger partial charge in [0, 0.05) is 11.8 Å². The Hall–Kier alpha value is -2.55. The molecule has 0 atom stereocenters. The van der Waals surface area contributed by atoms with Gasteiger partial charge in [0.2, 0.25) is 5.91 Å². The van der Waals surface area contributed by atoms with Crippen molar-refractivity contribution in [2.24, 2.45) is 0 Å². The van der Waals surface area contributed by atoms with Crippen molar-refractivity contribution in [3.63, 3.8) is 0 Å². The number of nitrogens with one attached hydrogen (secondary N) is 1. The van der Waals surface area contributed by atoms with Crippen LogP contribution in [0, 0.1) is 0 Å². The summed E-state index contributed by atoms with van der Waals surface area (Å²) >= 11 is 0. The number of amides is 1. The molecule has 2 rings (SSSR count). The van der Waals surface area contributed by atoms with Crippen LogP contribution in [0.5, 0.6) is 5.75 Å². The van der Waals surface area contributed by atoms with Crippen molar-refractivity contribution < 1.29 is 9.90 Å². The van der Waals surface area contributed by atoms with Gasteiger partial charge in [-0.15, -0.1) is 0 Å². The molecule has 2 aromatic carbocycles. The number of carbonyl (C=O) groups is 1. The number of aromatic hydroxyl groups is 1. The second kappa shape index (κ2) is 14.5. The summed E-state index contributed by atoms with van der Waals surface area (Å²) in [6.07, 6.45) is 16.2. The Balaban J connectivity index is 1.64. The van der Waals surface area contributed by atoms with E-state index in [9.17, 15) is 9.90 Å². The number of benzene rings is 2. The third kappa shape index (κ3) is 10.3. The van der Waals surface area contributed by atoms with Gasteiger partial charge in [0.05, 0.1) is 0 Å². The molecular formula is C28H39NO2. The van der Waals surface area contributed by atoms with Crippen LogP contribution in [-0.2, 0) is 11.2 Å². The Labute approximate surface area is 188 Å². The van der Waals surface area contributed by atoms with Crippen molar-refractivity contribution in [3.05, 3.63) is 65.7 Å². The average Bonchev–Trinajstić information content (AvgIpc) is 2.76. The number of phenolic OH excluding ortho intramolecular Hbond substituents is 1. The smallest absolute Gasteiger partial charge is 0.248 e. The minimum absolute atomic E-state index is 0.145. The van der Waals surface area contributed by atoms with Crippen LogP contribution in [-0.4, -0.2) is 11.0 Å². The Morgan fingerprint density at radius 3 is 1.94 bits per heavy atom. The lowest BCUT2D eigenvalue weighted by atomic mass is 10.0. The molecule has 0 aliphatic carbocycles. The van der Waals surface area contributed by atoms with Gasteiger partial charge in [-0.1, -0.05) is 89.0 Å². The van der Waals surface area contributed by atoms with Crippen LogP contribution >= 0.6 is 0 Å². The molecule has 0 aromatic heterocycles. The van der Waals surface area contributed by atoms with Crippen LogP contribution in [0.1, 0.15) is 89.2 Å². The summed E-state index contributed by atoms with van der Waals surface area (Å²) in [5.41, 5.74) is 3.91. The first-order chi connectivity index (χ1) is 15.1. The molecular weight excluding hydrogens is 382 g/mol. The number of hydrogen-bond acceptors (Lipinski definition) is 2. The minimum atomic E-state index is -0.145. The van der Waals surface area contributed by atoms with Crippen LogP contribution in [0.3, 0.4) is 0 Å². The van der Waals surface area contributed by atoms with Gasteiger partial charge < -0.3 is 10.4 Å². The third-order valence-corrected chi connectivity index (χ3v) is 5.71. The van der Waals surface area contributed by atoms with Crippen molar-refractivity contribution in [3.8, 4) is 5.75 Å². The summed E-state index contributed by atoms with van der Waals surface area (Å²) in [5.74, 6) is 0.0758. The first-order valence-corrected chi connectivity index (χ1v) is 12.0. The molecule has 0 unspecified atom stereocenters. The molecule has 3 nitrogen and oxygen atoms in total. The van der Waals surface area contributed by atoms with E-state index in [1.165, 1.54) is 69.8 Å². The minimum Gasteiger partial charge on any atom is -0.508 e. The van der Waals surface area contributed by atoms with Crippen molar-refractivity contribution in [2.45, 2.75) is 84.5 Å². The van der Waals surface area contributed by atoms with Crippen molar-refractivity contribution in [2.75, 3.05) is 5.32 Å². The lowest BCUT2D eigenvalue weighted by Gasteiger charge is -2.07. The molecule has 0 aliphatic rings. The number of aryl methyl sites for hydroxylation is 1. The number of unbranched alkanes of at least 4 members (excludes halogenated alkanes) is 9. The maximum absolute atomic E-state index is 12.3. The first kappa shape index (κ1) is 24.7. The molecule has 31 heavy (non-hydrogen) atoms. The number of anilines is 1. The van der Waals surface area contributed by atoms with E-state index in [0.717, 1.165) is 23.2 Å². The molecule has 0 saturated heterocycles. The second-order valence-electron chi connectivity index (χ2n) is 8.49. The molecule has 2 aromatic rings. The molecule has 1 amide bonds. The fourth-order valence-corrected chi connectivity index (χ4v) is 3.75. The SMILES string of the molecule is CCCCCCCCCCCCc1ccc(NC(=O)/C=C(\C)c2ccc(O)cc2)cc1. The number of rotatable bonds is 14. The van der Waals surface area contributed by atoms with Crippen molar-refractivity contribution >= 4 is 17.2 Å². The van der Waals surface area contributed by atoms with Gasteiger partial charge in [-0.25, -0.2) is 0 Å². The van der Waals surface area contributed by atoms with Gasteiger partial charge in [-0.3, -0.25) is 4.79 Å². The van der Waals surface area contributed by atoms with Crippen LogP contribution in [0.25, 0.3) is 5.57 Å². The summed E-state index contributed by atoms with van der Waals surface area (Å²) in [6.45, 7) is 4.16. The van der Waals surface area contributed by atoms with Gasteiger partial charge >= 0.3 is 0 Å². The lowest BCUT2D eigenvalue weighted by molar-refractivity contribution is -0.111. The van der Waals surface area contributed by atoms with Gasteiger partial charge in [0.25, 0.3) is 0 Å². The lowest BCUT2D eigenvalue weighted by Crippen LogP contribution is -2.08. The maximum Gasteiger partial charge on any atom is 0.248 e. The Bertz CT molecular complexity index is 791. The van der Waals surface area contributed by atoms with Gasteiger partial charge in [-0.2, -0.15) is 0 Å². The van der Waals surface area contributed by atoms with Crippen molar-refractivity contribution in [1.29, 1.82) is 0 Å². The first-order valence-electron chi connectivity index (χ1n) is 12.0. The third-order valence-electron chi connectivity index (χ3n) is 5.71. The highest BCUT2D eigenvalue weighted by Crippen LogP contribution is 2.18. The largest absolute Gasteiger partial charge is 0.508 e. The molecule has 0 fully saturated rings. The standard InChI is InChI=1S/C28H39NO2/c1-3-4-5-6-7-8-9-10-11-12-13-24-14-18-26(19-15-24)29-28(31)22-23(2)25-16-20-27(30)21-17-25/h14-22,30H,3-13H2,1-2H3,(H,29,31)/b23-22+. The Morgan fingerprint density at radius 1 is 0.806 bits per heavy atom. The number of hydrogen-bond donors (Lipinski definition) is 2. The fourth-order valence-electron chi connectivity index (χ4n) is 3.75. The molecule has 168 valence electrons. The summed E-state index contributed by atoms with van der Waals surface area (Å²) in [7, 11) is 0. The summed E-state index contributed by atoms with van der Waals surface area (Å²) < 4.78 is 0. The zero-order chi connectivity index (χ0) is 22.3. The summed E-state index contributed by atoms with van der Waals surface area (Å²) in [6, 6.07) is 15.0. The van der Waals surface area contributed by atoms with E-state index in [1.807, 2.05) is 19.1 Å². The monoisotopic (exact) mass is 421 g/mol. The predicted octanol–water partition coefficient (Wildman–Crippen LogP) is 7.90. The highest BCUT2D eigenvalue weighted by molar-refractivity contribution is 6.03. The molecule has 0 aliphatic heterocycles. The van der Waals surface area contributed by atoms with E-state index >= 15 is 0 Å². The number of phenols is 1. The predicted molar refractivity (Wildman–Crippen MR) is 132 cm³/mol. The Morgan fingerprint density at radius 2 is 1.35 bits per heavy atom. The van der Waals surface area contributed by atoms with E-state index in [4.69, 9.17) is 0 Å². The number of carbonyl (C=O) groups excluding carboxylic acids is 1. The highest BCUT2D eigenvalue weighted by Gasteiger charge is 2.03. The van der Waals surface area contributed by atoms with Crippen molar-refractivity contribution in [1.82, 2.24) is 0 Å². The van der Waals surface area contributed by atoms with Gasteiger partial charge in [-0.05, 0) is 60.7 Å². The molecule has 3 heteroatoms.